The predicted molar refractivity (Wildman–Crippen MR) is 98.7 cm³/mol. The molecule has 4 rings (SSSR count). The van der Waals surface area contributed by atoms with Crippen LogP contribution in [-0.4, -0.2) is 57.0 Å². The Labute approximate surface area is 151 Å². The van der Waals surface area contributed by atoms with Gasteiger partial charge in [0.15, 0.2) is 0 Å². The van der Waals surface area contributed by atoms with Gasteiger partial charge in [0.25, 0.3) is 11.1 Å². The Morgan fingerprint density at radius 3 is 2.58 bits per heavy atom. The first kappa shape index (κ1) is 17.0. The van der Waals surface area contributed by atoms with Crippen LogP contribution in [0.25, 0.3) is 0 Å². The van der Waals surface area contributed by atoms with Crippen LogP contribution in [0.1, 0.15) is 17.7 Å². The summed E-state index contributed by atoms with van der Waals surface area (Å²) in [6, 6.07) is 3.35. The molecule has 3 heterocycles. The minimum absolute atomic E-state index is 0.00798. The lowest BCUT2D eigenvalue weighted by Gasteiger charge is -2.35. The topological polar surface area (TPSA) is 76.3 Å². The van der Waals surface area contributed by atoms with Crippen LogP contribution in [0.5, 0.6) is 0 Å². The molecule has 1 saturated heterocycles. The largest absolute Gasteiger partial charge is 0.354 e. The van der Waals surface area contributed by atoms with Crippen LogP contribution in [0.2, 0.25) is 0 Å². The Morgan fingerprint density at radius 1 is 1.00 bits per heavy atom. The molecule has 1 aliphatic carbocycles. The lowest BCUT2D eigenvalue weighted by Crippen LogP contribution is -2.48. The summed E-state index contributed by atoms with van der Waals surface area (Å²) in [5.74, 6) is 0.740. The molecule has 0 spiro atoms. The molecule has 1 fully saturated rings. The molecular weight excluding hydrogens is 332 g/mol. The minimum Gasteiger partial charge on any atom is -0.354 e. The van der Waals surface area contributed by atoms with Gasteiger partial charge in [-0.3, -0.25) is 14.5 Å². The van der Waals surface area contributed by atoms with Crippen molar-refractivity contribution in [2.45, 2.75) is 25.8 Å². The smallest absolute Gasteiger partial charge is 0.267 e. The molecule has 0 bridgehead atoms. The van der Waals surface area contributed by atoms with E-state index in [4.69, 9.17) is 0 Å². The monoisotopic (exact) mass is 356 g/mol. The molecule has 26 heavy (non-hydrogen) atoms. The highest BCUT2D eigenvalue weighted by Crippen LogP contribution is 2.17. The fourth-order valence-electron chi connectivity index (χ4n) is 3.66. The van der Waals surface area contributed by atoms with E-state index in [1.54, 1.807) is 30.2 Å². The van der Waals surface area contributed by atoms with Crippen molar-refractivity contribution < 1.29 is 0 Å². The summed E-state index contributed by atoms with van der Waals surface area (Å²) in [6.45, 7) is 4.85. The zero-order valence-electron chi connectivity index (χ0n) is 15.1. The van der Waals surface area contributed by atoms with Gasteiger partial charge in [-0.1, -0.05) is 0 Å². The summed E-state index contributed by atoms with van der Waals surface area (Å²) < 4.78 is 3.08. The van der Waals surface area contributed by atoms with Crippen molar-refractivity contribution in [1.82, 2.24) is 24.2 Å². The molecule has 8 heteroatoms. The highest BCUT2D eigenvalue weighted by molar-refractivity contribution is 5.37. The van der Waals surface area contributed by atoms with E-state index in [-0.39, 0.29) is 11.1 Å². The van der Waals surface area contributed by atoms with Crippen LogP contribution in [0, 0.1) is 0 Å². The van der Waals surface area contributed by atoms with E-state index in [1.807, 2.05) is 0 Å². The molecule has 2 aliphatic rings. The van der Waals surface area contributed by atoms with Crippen molar-refractivity contribution in [1.29, 1.82) is 0 Å². The second-order valence-corrected chi connectivity index (χ2v) is 7.06. The van der Waals surface area contributed by atoms with Crippen LogP contribution in [0.3, 0.4) is 0 Å². The lowest BCUT2D eigenvalue weighted by molar-refractivity contribution is 0.242. The molecule has 0 unspecified atom stereocenters. The van der Waals surface area contributed by atoms with E-state index in [0.29, 0.717) is 6.54 Å². The number of nitrogens with zero attached hydrogens (tertiary/aromatic N) is 6. The maximum atomic E-state index is 12.2. The number of aryl methyl sites for hydroxylation is 3. The first-order chi connectivity index (χ1) is 12.6. The predicted octanol–water partition coefficient (Wildman–Crippen LogP) is -0.352. The Kier molecular flexibility index (Phi) is 4.58. The van der Waals surface area contributed by atoms with Gasteiger partial charge in [0.05, 0.1) is 18.6 Å². The van der Waals surface area contributed by atoms with Gasteiger partial charge in [0.1, 0.15) is 5.82 Å². The molecule has 0 atom stereocenters. The van der Waals surface area contributed by atoms with Crippen molar-refractivity contribution in [3.05, 3.63) is 50.4 Å². The highest BCUT2D eigenvalue weighted by atomic mass is 16.1. The first-order valence-electron chi connectivity index (χ1n) is 9.20. The zero-order chi connectivity index (χ0) is 18.1. The number of fused-ring (bicyclic) bond motifs is 1. The van der Waals surface area contributed by atoms with Crippen molar-refractivity contribution in [2.75, 3.05) is 37.6 Å². The number of hydrogen-bond acceptors (Lipinski definition) is 6. The molecule has 1 aliphatic heterocycles. The van der Waals surface area contributed by atoms with E-state index in [2.05, 4.69) is 19.9 Å². The maximum Gasteiger partial charge on any atom is 0.267 e. The van der Waals surface area contributed by atoms with E-state index in [9.17, 15) is 9.59 Å². The third-order valence-corrected chi connectivity index (χ3v) is 5.31. The van der Waals surface area contributed by atoms with Crippen molar-refractivity contribution in [3.8, 4) is 0 Å². The third kappa shape index (κ3) is 3.41. The molecule has 0 saturated carbocycles. The first-order valence-corrected chi connectivity index (χ1v) is 9.20. The van der Waals surface area contributed by atoms with Gasteiger partial charge < -0.3 is 9.47 Å². The minimum atomic E-state index is -0.0421. The van der Waals surface area contributed by atoms with Crippen LogP contribution in [0.4, 0.5) is 5.82 Å². The van der Waals surface area contributed by atoms with Crippen molar-refractivity contribution in [3.63, 3.8) is 0 Å². The van der Waals surface area contributed by atoms with E-state index < -0.39 is 0 Å². The lowest BCUT2D eigenvalue weighted by atomic mass is 10.2. The average molecular weight is 356 g/mol. The van der Waals surface area contributed by atoms with E-state index in [1.165, 1.54) is 4.57 Å². The van der Waals surface area contributed by atoms with Crippen LogP contribution in [-0.2, 0) is 26.4 Å². The van der Waals surface area contributed by atoms with Gasteiger partial charge >= 0.3 is 0 Å². The number of rotatable bonds is 4. The molecule has 0 radical (unpaired) electrons. The summed E-state index contributed by atoms with van der Waals surface area (Å²) >= 11 is 0. The van der Waals surface area contributed by atoms with E-state index in [0.717, 1.165) is 69.1 Å². The normalized spacial score (nSPS) is 17.5. The molecule has 2 aromatic rings. The Hall–Kier alpha value is -2.48. The van der Waals surface area contributed by atoms with Gasteiger partial charge in [-0.2, -0.15) is 5.10 Å². The fraction of sp³-hybridized carbons (Fsp3) is 0.556. The van der Waals surface area contributed by atoms with Crippen molar-refractivity contribution in [2.24, 2.45) is 7.05 Å². The Balaban J connectivity index is 1.34. The molecule has 2 aromatic heterocycles. The highest BCUT2D eigenvalue weighted by Gasteiger charge is 2.19. The second kappa shape index (κ2) is 7.03. The Morgan fingerprint density at radius 2 is 1.81 bits per heavy atom. The summed E-state index contributed by atoms with van der Waals surface area (Å²) in [6.07, 6.45) is 4.63. The summed E-state index contributed by atoms with van der Waals surface area (Å²) in [7, 11) is 1.70. The van der Waals surface area contributed by atoms with Gasteiger partial charge in [0.2, 0.25) is 0 Å². The second-order valence-electron chi connectivity index (χ2n) is 7.06. The molecule has 0 amide bonds. The maximum absolute atomic E-state index is 12.2. The summed E-state index contributed by atoms with van der Waals surface area (Å²) in [5, 5.41) is 4.54. The van der Waals surface area contributed by atoms with Crippen molar-refractivity contribution >= 4 is 5.82 Å². The number of piperazine rings is 1. The molecule has 0 N–H and O–H groups in total. The Bertz CT molecular complexity index is 911. The number of hydrogen-bond donors (Lipinski definition) is 0. The number of aromatic nitrogens is 4. The van der Waals surface area contributed by atoms with Gasteiger partial charge in [0, 0.05) is 51.9 Å². The molecule has 0 aromatic carbocycles. The molecular formula is C18H24N6O2. The third-order valence-electron chi connectivity index (χ3n) is 5.31. The van der Waals surface area contributed by atoms with Crippen LogP contribution >= 0.6 is 0 Å². The zero-order valence-corrected chi connectivity index (χ0v) is 15.1. The average Bonchev–Trinajstić information content (AvgIpc) is 3.09. The van der Waals surface area contributed by atoms with Gasteiger partial charge in [-0.25, -0.2) is 9.67 Å². The standard InChI is InChI=1S/C18H24N6O2/c1-21-13-19-16(12-17(21)25)23-8-5-22(6-9-23)7-10-24-18(26)11-14-3-2-4-15(14)20-24/h11-13H,2-10H2,1H3. The SMILES string of the molecule is Cn1cnc(N2CCN(CCn3nc4c(cc3=O)CCC4)CC2)cc1=O. The van der Waals surface area contributed by atoms with Crippen LogP contribution in [0.15, 0.2) is 28.0 Å². The summed E-state index contributed by atoms with van der Waals surface area (Å²) in [5.41, 5.74) is 2.18. The number of anilines is 1. The van der Waals surface area contributed by atoms with Crippen LogP contribution < -0.4 is 16.0 Å². The fourth-order valence-corrected chi connectivity index (χ4v) is 3.66. The van der Waals surface area contributed by atoms with Gasteiger partial charge in [-0.05, 0) is 24.8 Å². The molecule has 8 nitrogen and oxygen atoms in total. The van der Waals surface area contributed by atoms with Gasteiger partial charge in [-0.15, -0.1) is 0 Å². The van der Waals surface area contributed by atoms with E-state index >= 15 is 0 Å². The summed E-state index contributed by atoms with van der Waals surface area (Å²) in [4.78, 5) is 32.8. The molecule has 138 valence electrons. The quantitative estimate of drug-likeness (QED) is 0.745.